The van der Waals surface area contributed by atoms with Gasteiger partial charge in [0.05, 0.1) is 31.8 Å². The number of hydrogen-bond donors (Lipinski definition) is 1. The van der Waals surface area contributed by atoms with Crippen LogP contribution in [0.3, 0.4) is 0 Å². The summed E-state index contributed by atoms with van der Waals surface area (Å²) in [5.41, 5.74) is -0.559. The van der Waals surface area contributed by atoms with Gasteiger partial charge in [0.15, 0.2) is 0 Å². The van der Waals surface area contributed by atoms with Crippen LogP contribution in [0.2, 0.25) is 0 Å². The van der Waals surface area contributed by atoms with E-state index >= 15 is 0 Å². The summed E-state index contributed by atoms with van der Waals surface area (Å²) < 4.78 is 15.6. The first kappa shape index (κ1) is 16.4. The second-order valence-corrected chi connectivity index (χ2v) is 5.40. The molecule has 1 aliphatic rings. The SMILES string of the molecule is COCCOCCOCCC1(C(=O)O)CCC(C)C1. The molecule has 0 radical (unpaired) electrons. The van der Waals surface area contributed by atoms with E-state index in [1.165, 1.54) is 0 Å². The van der Waals surface area contributed by atoms with Crippen LogP contribution < -0.4 is 0 Å². The number of methoxy groups -OCH3 is 1. The van der Waals surface area contributed by atoms with Crippen LogP contribution in [0.5, 0.6) is 0 Å². The van der Waals surface area contributed by atoms with Gasteiger partial charge < -0.3 is 19.3 Å². The van der Waals surface area contributed by atoms with Gasteiger partial charge in [-0.15, -0.1) is 0 Å². The topological polar surface area (TPSA) is 65.0 Å². The molecule has 0 aromatic heterocycles. The Bertz CT molecular complexity index is 269. The van der Waals surface area contributed by atoms with E-state index in [0.717, 1.165) is 19.3 Å². The molecule has 0 aromatic carbocycles. The third kappa shape index (κ3) is 5.47. The lowest BCUT2D eigenvalue weighted by atomic mass is 9.82. The molecular weight excluding hydrogens is 248 g/mol. The van der Waals surface area contributed by atoms with Crippen molar-refractivity contribution in [1.82, 2.24) is 0 Å². The molecule has 0 heterocycles. The lowest BCUT2D eigenvalue weighted by Crippen LogP contribution is -2.30. The molecule has 1 saturated carbocycles. The molecule has 19 heavy (non-hydrogen) atoms. The average Bonchev–Trinajstić information content (AvgIpc) is 2.76. The number of carboxylic acid groups (broad SMARTS) is 1. The van der Waals surface area contributed by atoms with Crippen LogP contribution in [0, 0.1) is 11.3 Å². The Morgan fingerprint density at radius 2 is 1.84 bits per heavy atom. The number of aliphatic carboxylic acids is 1. The Kier molecular flexibility index (Phi) is 7.34. The maximum absolute atomic E-state index is 11.4. The van der Waals surface area contributed by atoms with E-state index < -0.39 is 11.4 Å². The summed E-state index contributed by atoms with van der Waals surface area (Å²) in [7, 11) is 1.63. The normalized spacial score (nSPS) is 26.7. The third-order valence-corrected chi connectivity index (χ3v) is 3.84. The van der Waals surface area contributed by atoms with Crippen molar-refractivity contribution < 1.29 is 24.1 Å². The van der Waals surface area contributed by atoms with Crippen LogP contribution >= 0.6 is 0 Å². The average molecular weight is 274 g/mol. The monoisotopic (exact) mass is 274 g/mol. The standard InChI is InChI=1S/C14H26O5/c1-12-3-4-14(11-12,13(15)16)5-6-18-9-10-19-8-7-17-2/h12H,3-11H2,1-2H3,(H,15,16). The summed E-state index contributed by atoms with van der Waals surface area (Å²) in [6.45, 7) is 4.80. The van der Waals surface area contributed by atoms with Gasteiger partial charge in [-0.3, -0.25) is 4.79 Å². The molecule has 0 bridgehead atoms. The van der Waals surface area contributed by atoms with Crippen molar-refractivity contribution in [3.63, 3.8) is 0 Å². The van der Waals surface area contributed by atoms with E-state index in [4.69, 9.17) is 14.2 Å². The Labute approximate surface area is 115 Å². The first-order valence-electron chi connectivity index (χ1n) is 6.98. The van der Waals surface area contributed by atoms with Gasteiger partial charge in [-0.2, -0.15) is 0 Å². The van der Waals surface area contributed by atoms with E-state index in [0.29, 0.717) is 45.4 Å². The predicted octanol–water partition coefficient (Wildman–Crippen LogP) is 1.95. The summed E-state index contributed by atoms with van der Waals surface area (Å²) in [6, 6.07) is 0. The Balaban J connectivity index is 2.11. The highest BCUT2D eigenvalue weighted by molar-refractivity contribution is 5.75. The van der Waals surface area contributed by atoms with Gasteiger partial charge in [0.1, 0.15) is 0 Å². The van der Waals surface area contributed by atoms with E-state index in [2.05, 4.69) is 6.92 Å². The van der Waals surface area contributed by atoms with Crippen molar-refractivity contribution in [1.29, 1.82) is 0 Å². The molecular formula is C14H26O5. The number of carbonyl (C=O) groups is 1. The van der Waals surface area contributed by atoms with Gasteiger partial charge in [-0.1, -0.05) is 6.92 Å². The molecule has 1 fully saturated rings. The summed E-state index contributed by atoms with van der Waals surface area (Å²) in [6.07, 6.45) is 3.16. The molecule has 5 heteroatoms. The minimum absolute atomic E-state index is 0.493. The Hall–Kier alpha value is -0.650. The molecule has 5 nitrogen and oxygen atoms in total. The van der Waals surface area contributed by atoms with E-state index in [1.807, 2.05) is 0 Å². The van der Waals surface area contributed by atoms with Crippen LogP contribution in [0.25, 0.3) is 0 Å². The van der Waals surface area contributed by atoms with Crippen LogP contribution in [-0.4, -0.2) is 51.2 Å². The highest BCUT2D eigenvalue weighted by Gasteiger charge is 2.43. The van der Waals surface area contributed by atoms with Crippen LogP contribution in [0.15, 0.2) is 0 Å². The van der Waals surface area contributed by atoms with Crippen molar-refractivity contribution in [3.8, 4) is 0 Å². The van der Waals surface area contributed by atoms with Gasteiger partial charge in [-0.05, 0) is 31.6 Å². The first-order chi connectivity index (χ1) is 9.10. The zero-order valence-electron chi connectivity index (χ0n) is 12.0. The molecule has 112 valence electrons. The number of ether oxygens (including phenoxy) is 3. The molecule has 2 unspecified atom stereocenters. The van der Waals surface area contributed by atoms with Crippen LogP contribution in [-0.2, 0) is 19.0 Å². The fourth-order valence-corrected chi connectivity index (χ4v) is 2.65. The fraction of sp³-hybridized carbons (Fsp3) is 0.929. The van der Waals surface area contributed by atoms with Crippen LogP contribution in [0.4, 0.5) is 0 Å². The summed E-state index contributed by atoms with van der Waals surface area (Å²) in [5, 5.41) is 9.39. The molecule has 1 aliphatic carbocycles. The lowest BCUT2D eigenvalue weighted by Gasteiger charge is -2.23. The van der Waals surface area contributed by atoms with Gasteiger partial charge >= 0.3 is 5.97 Å². The third-order valence-electron chi connectivity index (χ3n) is 3.84. The van der Waals surface area contributed by atoms with Gasteiger partial charge in [-0.25, -0.2) is 0 Å². The van der Waals surface area contributed by atoms with Crippen molar-refractivity contribution in [2.45, 2.75) is 32.6 Å². The second-order valence-electron chi connectivity index (χ2n) is 5.40. The van der Waals surface area contributed by atoms with Crippen LogP contribution in [0.1, 0.15) is 32.6 Å². The zero-order chi connectivity index (χ0) is 14.1. The molecule has 0 amide bonds. The highest BCUT2D eigenvalue weighted by atomic mass is 16.5. The number of rotatable bonds is 10. The summed E-state index contributed by atoms with van der Waals surface area (Å²) >= 11 is 0. The molecule has 0 aromatic rings. The summed E-state index contributed by atoms with van der Waals surface area (Å²) in [5.74, 6) is -0.162. The van der Waals surface area contributed by atoms with Crippen molar-refractivity contribution in [2.24, 2.45) is 11.3 Å². The number of hydrogen-bond acceptors (Lipinski definition) is 4. The van der Waals surface area contributed by atoms with E-state index in [1.54, 1.807) is 7.11 Å². The molecule has 1 N–H and O–H groups in total. The maximum atomic E-state index is 11.4. The van der Waals surface area contributed by atoms with Gasteiger partial charge in [0.2, 0.25) is 0 Å². The molecule has 0 aliphatic heterocycles. The van der Waals surface area contributed by atoms with Crippen molar-refractivity contribution >= 4 is 5.97 Å². The Morgan fingerprint density at radius 3 is 2.37 bits per heavy atom. The fourth-order valence-electron chi connectivity index (χ4n) is 2.65. The lowest BCUT2D eigenvalue weighted by molar-refractivity contribution is -0.150. The highest BCUT2D eigenvalue weighted by Crippen LogP contribution is 2.44. The molecule has 0 saturated heterocycles. The molecule has 1 rings (SSSR count). The second kappa shape index (κ2) is 8.51. The van der Waals surface area contributed by atoms with E-state index in [-0.39, 0.29) is 0 Å². The maximum Gasteiger partial charge on any atom is 0.309 e. The largest absolute Gasteiger partial charge is 0.481 e. The minimum Gasteiger partial charge on any atom is -0.481 e. The first-order valence-corrected chi connectivity index (χ1v) is 6.98. The van der Waals surface area contributed by atoms with Gasteiger partial charge in [0.25, 0.3) is 0 Å². The van der Waals surface area contributed by atoms with Crippen molar-refractivity contribution in [3.05, 3.63) is 0 Å². The van der Waals surface area contributed by atoms with E-state index in [9.17, 15) is 9.90 Å². The summed E-state index contributed by atoms with van der Waals surface area (Å²) in [4.78, 5) is 11.4. The Morgan fingerprint density at radius 1 is 1.21 bits per heavy atom. The smallest absolute Gasteiger partial charge is 0.309 e. The van der Waals surface area contributed by atoms with Crippen molar-refractivity contribution in [2.75, 3.05) is 40.1 Å². The zero-order valence-corrected chi connectivity index (χ0v) is 12.0. The number of carboxylic acids is 1. The molecule has 0 spiro atoms. The van der Waals surface area contributed by atoms with Gasteiger partial charge in [0, 0.05) is 13.7 Å². The minimum atomic E-state index is -0.670. The predicted molar refractivity (Wildman–Crippen MR) is 71.2 cm³/mol. The molecule has 2 atom stereocenters. The quantitative estimate of drug-likeness (QED) is 0.617.